The van der Waals surface area contributed by atoms with E-state index in [1.165, 1.54) is 19.6 Å². The summed E-state index contributed by atoms with van der Waals surface area (Å²) in [5.41, 5.74) is 2.06. The number of nitrogens with zero attached hydrogens (tertiary/aromatic N) is 3. The van der Waals surface area contributed by atoms with Gasteiger partial charge in [0.25, 0.3) is 11.8 Å². The fourth-order valence-corrected chi connectivity index (χ4v) is 5.50. The molecule has 2 N–H and O–H groups in total. The zero-order valence-corrected chi connectivity index (χ0v) is 24.8. The molecule has 0 spiro atoms. The summed E-state index contributed by atoms with van der Waals surface area (Å²) in [4.78, 5) is 43.0. The SMILES string of the molecule is COc1cc(C(=O)N(CCCc2ccccc2)Cc2nc(C(=O)NS(=O)(=O)N(C)CC(=O)O)cs2)cc(OC)c1C. The number of likely N-dealkylation sites (N-methyl/N-ethyl adjacent to an activating group) is 1. The van der Waals surface area contributed by atoms with E-state index in [1.807, 2.05) is 42.0 Å². The Bertz CT molecular complexity index is 1470. The number of amides is 2. The van der Waals surface area contributed by atoms with Crippen LogP contribution in [0.15, 0.2) is 47.8 Å². The van der Waals surface area contributed by atoms with E-state index < -0.39 is 28.6 Å². The van der Waals surface area contributed by atoms with Crippen molar-refractivity contribution in [3.05, 3.63) is 75.2 Å². The number of carboxylic acid groups (broad SMARTS) is 1. The molecule has 0 atom stereocenters. The molecule has 0 aliphatic rings. The molecule has 0 aliphatic heterocycles. The molecule has 0 saturated carbocycles. The van der Waals surface area contributed by atoms with Gasteiger partial charge in [-0.15, -0.1) is 11.3 Å². The van der Waals surface area contributed by atoms with Crippen LogP contribution in [0.3, 0.4) is 0 Å². The van der Waals surface area contributed by atoms with Crippen molar-refractivity contribution in [2.24, 2.45) is 0 Å². The van der Waals surface area contributed by atoms with Crippen LogP contribution in [0.2, 0.25) is 0 Å². The number of hydrogen-bond acceptors (Lipinski definition) is 9. The van der Waals surface area contributed by atoms with Crippen LogP contribution < -0.4 is 14.2 Å². The third kappa shape index (κ3) is 8.49. The van der Waals surface area contributed by atoms with Gasteiger partial charge in [-0.05, 0) is 37.5 Å². The largest absolute Gasteiger partial charge is 0.496 e. The van der Waals surface area contributed by atoms with Crippen LogP contribution in [-0.4, -0.2) is 79.9 Å². The summed E-state index contributed by atoms with van der Waals surface area (Å²) >= 11 is 1.09. The number of methoxy groups -OCH3 is 2. The Kier molecular flexibility index (Phi) is 10.8. The number of aromatic nitrogens is 1. The summed E-state index contributed by atoms with van der Waals surface area (Å²) in [5, 5.41) is 10.6. The van der Waals surface area contributed by atoms with Gasteiger partial charge in [0.2, 0.25) is 0 Å². The maximum absolute atomic E-state index is 13.7. The van der Waals surface area contributed by atoms with E-state index in [2.05, 4.69) is 4.98 Å². The van der Waals surface area contributed by atoms with Gasteiger partial charge in [-0.25, -0.2) is 9.71 Å². The first kappa shape index (κ1) is 31.5. The van der Waals surface area contributed by atoms with Gasteiger partial charge in [-0.3, -0.25) is 14.4 Å². The summed E-state index contributed by atoms with van der Waals surface area (Å²) in [5.74, 6) is -1.69. The Labute approximate surface area is 242 Å². The lowest BCUT2D eigenvalue weighted by Crippen LogP contribution is -2.43. The van der Waals surface area contributed by atoms with Gasteiger partial charge < -0.3 is 19.5 Å². The molecule has 220 valence electrons. The summed E-state index contributed by atoms with van der Waals surface area (Å²) < 4.78 is 37.7. The van der Waals surface area contributed by atoms with E-state index in [0.29, 0.717) is 39.3 Å². The third-order valence-corrected chi connectivity index (χ3v) is 8.35. The summed E-state index contributed by atoms with van der Waals surface area (Å²) in [6.45, 7) is 1.45. The number of carbonyl (C=O) groups excluding carboxylic acids is 2. The lowest BCUT2D eigenvalue weighted by molar-refractivity contribution is -0.137. The molecule has 3 rings (SSSR count). The van der Waals surface area contributed by atoms with Crippen molar-refractivity contribution in [3.8, 4) is 11.5 Å². The van der Waals surface area contributed by atoms with Crippen molar-refractivity contribution in [2.45, 2.75) is 26.3 Å². The molecule has 2 amide bonds. The number of nitrogens with one attached hydrogen (secondary N) is 1. The van der Waals surface area contributed by atoms with Crippen LogP contribution in [0.1, 0.15) is 43.4 Å². The Morgan fingerprint density at radius 3 is 2.29 bits per heavy atom. The van der Waals surface area contributed by atoms with E-state index >= 15 is 0 Å². The van der Waals surface area contributed by atoms with Gasteiger partial charge >= 0.3 is 16.2 Å². The Morgan fingerprint density at radius 1 is 1.07 bits per heavy atom. The van der Waals surface area contributed by atoms with E-state index in [-0.39, 0.29) is 18.1 Å². The second-order valence-electron chi connectivity index (χ2n) is 9.03. The Hall–Kier alpha value is -4.01. The quantitative estimate of drug-likeness (QED) is 0.283. The number of rotatable bonds is 14. The van der Waals surface area contributed by atoms with Crippen molar-refractivity contribution in [2.75, 3.05) is 34.4 Å². The van der Waals surface area contributed by atoms with Crippen LogP contribution in [0.4, 0.5) is 0 Å². The number of hydrogen-bond donors (Lipinski definition) is 2. The van der Waals surface area contributed by atoms with Crippen molar-refractivity contribution in [1.82, 2.24) is 18.9 Å². The maximum Gasteiger partial charge on any atom is 0.318 e. The molecule has 0 unspecified atom stereocenters. The van der Waals surface area contributed by atoms with Gasteiger partial charge in [-0.2, -0.15) is 12.7 Å². The van der Waals surface area contributed by atoms with Crippen molar-refractivity contribution in [1.29, 1.82) is 0 Å². The van der Waals surface area contributed by atoms with E-state index in [1.54, 1.807) is 17.0 Å². The molecule has 1 heterocycles. The number of ether oxygens (including phenoxy) is 2. The first-order valence-electron chi connectivity index (χ1n) is 12.5. The fraction of sp³-hybridized carbons (Fsp3) is 0.333. The minimum absolute atomic E-state index is 0.0652. The summed E-state index contributed by atoms with van der Waals surface area (Å²) in [6, 6.07) is 13.1. The van der Waals surface area contributed by atoms with Gasteiger partial charge in [0.1, 0.15) is 28.7 Å². The van der Waals surface area contributed by atoms with E-state index in [9.17, 15) is 22.8 Å². The van der Waals surface area contributed by atoms with Gasteiger partial charge in [0.05, 0.1) is 20.8 Å². The highest BCUT2D eigenvalue weighted by atomic mass is 32.2. The highest BCUT2D eigenvalue weighted by Gasteiger charge is 2.26. The molecule has 0 radical (unpaired) electrons. The fourth-order valence-electron chi connectivity index (χ4n) is 3.94. The molecule has 3 aromatic rings. The molecule has 0 fully saturated rings. The maximum atomic E-state index is 13.7. The summed E-state index contributed by atoms with van der Waals surface area (Å²) in [6.07, 6.45) is 1.39. The van der Waals surface area contributed by atoms with Crippen LogP contribution in [0, 0.1) is 6.92 Å². The zero-order valence-electron chi connectivity index (χ0n) is 23.1. The number of thiazole rings is 1. The van der Waals surface area contributed by atoms with Crippen LogP contribution >= 0.6 is 11.3 Å². The summed E-state index contributed by atoms with van der Waals surface area (Å²) in [7, 11) is -0.341. The molecule has 1 aromatic heterocycles. The second-order valence-corrected chi connectivity index (χ2v) is 11.8. The molecular formula is C27H32N4O8S2. The topological polar surface area (TPSA) is 155 Å². The molecule has 12 nitrogen and oxygen atoms in total. The average molecular weight is 605 g/mol. The lowest BCUT2D eigenvalue weighted by atomic mass is 10.1. The number of carbonyl (C=O) groups is 3. The predicted octanol–water partition coefficient (Wildman–Crippen LogP) is 2.73. The minimum Gasteiger partial charge on any atom is -0.496 e. The molecule has 0 saturated heterocycles. The third-order valence-electron chi connectivity index (χ3n) is 6.12. The second kappa shape index (κ2) is 14.1. The van der Waals surface area contributed by atoms with Crippen molar-refractivity contribution < 1.29 is 37.4 Å². The number of aryl methyl sites for hydroxylation is 1. The lowest BCUT2D eigenvalue weighted by Gasteiger charge is -2.23. The van der Waals surface area contributed by atoms with Crippen molar-refractivity contribution in [3.63, 3.8) is 0 Å². The molecule has 0 bridgehead atoms. The minimum atomic E-state index is -4.39. The van der Waals surface area contributed by atoms with Gasteiger partial charge in [0.15, 0.2) is 0 Å². The van der Waals surface area contributed by atoms with E-state index in [4.69, 9.17) is 14.6 Å². The molecule has 41 heavy (non-hydrogen) atoms. The monoisotopic (exact) mass is 604 g/mol. The Balaban J connectivity index is 1.82. The normalized spacial score (nSPS) is 11.2. The van der Waals surface area contributed by atoms with Gasteiger partial charge in [0, 0.05) is 30.1 Å². The predicted molar refractivity (Wildman–Crippen MR) is 153 cm³/mol. The number of aliphatic carboxylic acids is 1. The molecule has 2 aromatic carbocycles. The van der Waals surface area contributed by atoms with E-state index in [0.717, 1.165) is 35.9 Å². The number of benzene rings is 2. The van der Waals surface area contributed by atoms with Crippen LogP contribution in [0.25, 0.3) is 0 Å². The van der Waals surface area contributed by atoms with Gasteiger partial charge in [-0.1, -0.05) is 30.3 Å². The number of carboxylic acids is 1. The molecule has 14 heteroatoms. The standard InChI is InChI=1S/C27H32N4O8S2/c1-18-22(38-3)13-20(14-23(18)39-4)27(35)31(12-8-11-19-9-6-5-7-10-19)15-24-28-21(17-40-24)26(34)29-41(36,37)30(2)16-25(32)33/h5-7,9-10,13-14,17H,8,11-12,15-16H2,1-4H3,(H,29,34)(H,32,33). The highest BCUT2D eigenvalue weighted by Crippen LogP contribution is 2.30. The first-order chi connectivity index (χ1) is 19.4. The van der Waals surface area contributed by atoms with Crippen molar-refractivity contribution >= 4 is 39.3 Å². The highest BCUT2D eigenvalue weighted by molar-refractivity contribution is 7.87. The first-order valence-corrected chi connectivity index (χ1v) is 14.8. The molecule has 0 aliphatic carbocycles. The molecular weight excluding hydrogens is 572 g/mol. The average Bonchev–Trinajstić information content (AvgIpc) is 3.41. The van der Waals surface area contributed by atoms with Crippen LogP contribution in [-0.2, 0) is 28.0 Å². The van der Waals surface area contributed by atoms with Crippen LogP contribution in [0.5, 0.6) is 11.5 Å². The smallest absolute Gasteiger partial charge is 0.318 e. The zero-order chi connectivity index (χ0) is 30.2. The Morgan fingerprint density at radius 2 is 1.71 bits per heavy atom.